The number of benzene rings is 7. The van der Waals surface area contributed by atoms with Gasteiger partial charge in [-0.2, -0.15) is 0 Å². The predicted molar refractivity (Wildman–Crippen MR) is 179 cm³/mol. The van der Waals surface area contributed by atoms with Gasteiger partial charge in [-0.25, -0.2) is 0 Å². The lowest BCUT2D eigenvalue weighted by molar-refractivity contribution is 1.28. The first-order valence-electron chi connectivity index (χ1n) is 14.5. The molecule has 0 radical (unpaired) electrons. The minimum absolute atomic E-state index is 1.13. The van der Waals surface area contributed by atoms with Crippen LogP contribution in [0.2, 0.25) is 0 Å². The molecule has 0 unspecified atom stereocenters. The third kappa shape index (κ3) is 3.33. The SMILES string of the molecule is c1ccc(N(c2ccccc2)c2ccc(-c3ccc4c5ccc6cccc7c8ccccc8n(c4c3)c5c67)cc2)cc1. The number of hydrogen-bond acceptors (Lipinski definition) is 1. The predicted octanol–water partition coefficient (Wildman–Crippen LogP) is 11.1. The second kappa shape index (κ2) is 8.95. The average molecular weight is 535 g/mol. The average Bonchev–Trinajstić information content (AvgIpc) is 3.40. The first kappa shape index (κ1) is 23.1. The molecule has 0 spiro atoms. The highest BCUT2D eigenvalue weighted by atomic mass is 15.1. The van der Waals surface area contributed by atoms with Crippen molar-refractivity contribution in [1.82, 2.24) is 4.40 Å². The molecule has 42 heavy (non-hydrogen) atoms. The van der Waals surface area contributed by atoms with Gasteiger partial charge in [-0.1, -0.05) is 109 Å². The van der Waals surface area contributed by atoms with E-state index in [2.05, 4.69) is 167 Å². The zero-order chi connectivity index (χ0) is 27.6. The zero-order valence-electron chi connectivity index (χ0n) is 22.9. The van der Waals surface area contributed by atoms with Crippen molar-refractivity contribution >= 4 is 65.9 Å². The van der Waals surface area contributed by atoms with Crippen molar-refractivity contribution < 1.29 is 0 Å². The fourth-order valence-corrected chi connectivity index (χ4v) is 6.83. The van der Waals surface area contributed by atoms with E-state index in [1.54, 1.807) is 0 Å². The molecule has 0 saturated carbocycles. The van der Waals surface area contributed by atoms with Crippen molar-refractivity contribution in [3.63, 3.8) is 0 Å². The van der Waals surface area contributed by atoms with Gasteiger partial charge in [0.25, 0.3) is 0 Å². The molecular weight excluding hydrogens is 508 g/mol. The van der Waals surface area contributed by atoms with Crippen molar-refractivity contribution in [2.24, 2.45) is 0 Å². The summed E-state index contributed by atoms with van der Waals surface area (Å²) < 4.78 is 2.49. The topological polar surface area (TPSA) is 7.65 Å². The van der Waals surface area contributed by atoms with E-state index in [9.17, 15) is 0 Å². The molecule has 196 valence electrons. The zero-order valence-corrected chi connectivity index (χ0v) is 22.9. The Bertz CT molecular complexity index is 2340. The molecule has 9 aromatic rings. The fraction of sp³-hybridized carbons (Fsp3) is 0. The summed E-state index contributed by atoms with van der Waals surface area (Å²) in [6.45, 7) is 0. The van der Waals surface area contributed by atoms with Gasteiger partial charge in [0.1, 0.15) is 0 Å². The molecule has 0 aliphatic carbocycles. The van der Waals surface area contributed by atoms with E-state index in [1.165, 1.54) is 60.0 Å². The van der Waals surface area contributed by atoms with E-state index < -0.39 is 0 Å². The second-order valence-corrected chi connectivity index (χ2v) is 11.0. The highest BCUT2D eigenvalue weighted by Gasteiger charge is 2.18. The molecule has 2 nitrogen and oxygen atoms in total. The van der Waals surface area contributed by atoms with Gasteiger partial charge in [0.15, 0.2) is 0 Å². The van der Waals surface area contributed by atoms with E-state index in [-0.39, 0.29) is 0 Å². The summed E-state index contributed by atoms with van der Waals surface area (Å²) in [4.78, 5) is 2.30. The number of hydrogen-bond donors (Lipinski definition) is 0. The second-order valence-electron chi connectivity index (χ2n) is 11.0. The van der Waals surface area contributed by atoms with Crippen LogP contribution in [0.1, 0.15) is 0 Å². The maximum atomic E-state index is 2.49. The summed E-state index contributed by atoms with van der Waals surface area (Å²) in [5.41, 5.74) is 9.64. The van der Waals surface area contributed by atoms with Crippen molar-refractivity contribution in [2.75, 3.05) is 4.90 Å². The summed E-state index contributed by atoms with van der Waals surface area (Å²) in [6, 6.07) is 57.1. The lowest BCUT2D eigenvalue weighted by Crippen LogP contribution is -2.09. The molecule has 2 heterocycles. The number of nitrogens with zero attached hydrogens (tertiary/aromatic N) is 2. The van der Waals surface area contributed by atoms with Gasteiger partial charge in [-0.15, -0.1) is 0 Å². The van der Waals surface area contributed by atoms with Crippen LogP contribution >= 0.6 is 0 Å². The van der Waals surface area contributed by atoms with Gasteiger partial charge in [0.2, 0.25) is 0 Å². The molecule has 0 N–H and O–H groups in total. The van der Waals surface area contributed by atoms with Gasteiger partial charge in [-0.3, -0.25) is 0 Å². The summed E-state index contributed by atoms with van der Waals surface area (Å²) in [5.74, 6) is 0. The van der Waals surface area contributed by atoms with Crippen LogP contribution < -0.4 is 4.90 Å². The molecule has 9 rings (SSSR count). The first-order valence-corrected chi connectivity index (χ1v) is 14.5. The van der Waals surface area contributed by atoms with E-state index in [4.69, 9.17) is 0 Å². The van der Waals surface area contributed by atoms with Gasteiger partial charge in [-0.05, 0) is 70.4 Å². The molecule has 0 bridgehead atoms. The Morgan fingerprint density at radius 1 is 0.381 bits per heavy atom. The molecule has 0 aliphatic rings. The Morgan fingerprint density at radius 2 is 0.976 bits per heavy atom. The number of para-hydroxylation sites is 3. The normalized spacial score (nSPS) is 11.8. The molecule has 0 amide bonds. The minimum Gasteiger partial charge on any atom is -0.311 e. The third-order valence-corrected chi connectivity index (χ3v) is 8.69. The Morgan fingerprint density at radius 3 is 1.74 bits per heavy atom. The van der Waals surface area contributed by atoms with Gasteiger partial charge < -0.3 is 9.30 Å². The number of anilines is 3. The van der Waals surface area contributed by atoms with Crippen molar-refractivity contribution in [2.45, 2.75) is 0 Å². The van der Waals surface area contributed by atoms with Gasteiger partial charge >= 0.3 is 0 Å². The van der Waals surface area contributed by atoms with Crippen LogP contribution in [-0.4, -0.2) is 4.40 Å². The largest absolute Gasteiger partial charge is 0.311 e. The van der Waals surface area contributed by atoms with Crippen LogP contribution in [0.4, 0.5) is 17.1 Å². The van der Waals surface area contributed by atoms with Crippen LogP contribution in [0.3, 0.4) is 0 Å². The summed E-state index contributed by atoms with van der Waals surface area (Å²) in [6.07, 6.45) is 0. The Labute approximate surface area is 243 Å². The minimum atomic E-state index is 1.13. The molecule has 0 saturated heterocycles. The molecule has 0 aliphatic heterocycles. The standard InChI is InChI=1S/C40H26N2/c1-3-11-30(12-4-1)41(31-13-5-2-6-14-31)32-22-18-27(19-23-32)29-21-24-34-36-25-20-28-10-9-16-35-33-15-7-8-17-37(33)42(38(34)26-29)40(36)39(28)35/h1-26H. The monoisotopic (exact) mass is 534 g/mol. The van der Waals surface area contributed by atoms with E-state index >= 15 is 0 Å². The highest BCUT2D eigenvalue weighted by Crippen LogP contribution is 2.42. The number of fused-ring (bicyclic) bond motifs is 6. The fourth-order valence-electron chi connectivity index (χ4n) is 6.83. The quantitative estimate of drug-likeness (QED) is 0.161. The van der Waals surface area contributed by atoms with Crippen LogP contribution in [0, 0.1) is 0 Å². The summed E-state index contributed by atoms with van der Waals surface area (Å²) in [5, 5.41) is 7.84. The Hall–Kier alpha value is -5.60. The van der Waals surface area contributed by atoms with Crippen LogP contribution in [0.25, 0.3) is 60.0 Å². The van der Waals surface area contributed by atoms with Gasteiger partial charge in [0.05, 0.1) is 16.6 Å². The van der Waals surface area contributed by atoms with Crippen molar-refractivity contribution in [3.05, 3.63) is 158 Å². The Kier molecular flexibility index (Phi) is 4.93. The maximum absolute atomic E-state index is 2.49. The third-order valence-electron chi connectivity index (χ3n) is 8.69. The van der Waals surface area contributed by atoms with E-state index in [0.29, 0.717) is 0 Å². The van der Waals surface area contributed by atoms with E-state index in [1.807, 2.05) is 0 Å². The van der Waals surface area contributed by atoms with Crippen molar-refractivity contribution in [1.29, 1.82) is 0 Å². The summed E-state index contributed by atoms with van der Waals surface area (Å²) in [7, 11) is 0. The van der Waals surface area contributed by atoms with Crippen LogP contribution in [-0.2, 0) is 0 Å². The molecule has 2 aromatic heterocycles. The summed E-state index contributed by atoms with van der Waals surface area (Å²) >= 11 is 0. The molecular formula is C40H26N2. The highest BCUT2D eigenvalue weighted by molar-refractivity contribution is 6.28. The number of pyridine rings is 1. The molecule has 0 fully saturated rings. The first-order chi connectivity index (χ1) is 20.8. The van der Waals surface area contributed by atoms with E-state index in [0.717, 1.165) is 17.1 Å². The molecule has 2 heteroatoms. The van der Waals surface area contributed by atoms with Crippen molar-refractivity contribution in [3.8, 4) is 11.1 Å². The lowest BCUT2D eigenvalue weighted by Gasteiger charge is -2.25. The number of rotatable bonds is 4. The van der Waals surface area contributed by atoms with Crippen LogP contribution in [0.5, 0.6) is 0 Å². The lowest BCUT2D eigenvalue weighted by atomic mass is 9.98. The molecule has 7 aromatic carbocycles. The smallest absolute Gasteiger partial charge is 0.0625 e. The number of aromatic nitrogens is 1. The van der Waals surface area contributed by atoms with Crippen LogP contribution in [0.15, 0.2) is 158 Å². The molecule has 0 atom stereocenters. The maximum Gasteiger partial charge on any atom is 0.0625 e. The van der Waals surface area contributed by atoms with Gasteiger partial charge in [0, 0.05) is 38.6 Å². The Balaban J connectivity index is 1.24.